The van der Waals surface area contributed by atoms with Gasteiger partial charge in [0.05, 0.1) is 10.9 Å². The van der Waals surface area contributed by atoms with Crippen molar-refractivity contribution in [2.45, 2.75) is 36.6 Å². The first-order valence-electron chi connectivity index (χ1n) is 11.6. The molecule has 1 amide bonds. The average Bonchev–Trinajstić information content (AvgIpc) is 3.34. The van der Waals surface area contributed by atoms with Gasteiger partial charge < -0.3 is 4.90 Å². The molecule has 3 aromatic rings. The second-order valence-corrected chi connectivity index (χ2v) is 11.0. The number of amides is 1. The summed E-state index contributed by atoms with van der Waals surface area (Å²) in [6, 6.07) is 17.0. The van der Waals surface area contributed by atoms with E-state index in [1.807, 2.05) is 23.1 Å². The van der Waals surface area contributed by atoms with Gasteiger partial charge in [-0.2, -0.15) is 4.31 Å². The van der Waals surface area contributed by atoms with Gasteiger partial charge in [0, 0.05) is 25.6 Å². The summed E-state index contributed by atoms with van der Waals surface area (Å²) in [7, 11) is -3.95. The second kappa shape index (κ2) is 9.07. The van der Waals surface area contributed by atoms with E-state index in [0.717, 1.165) is 41.3 Å². The Bertz CT molecular complexity index is 1330. The van der Waals surface area contributed by atoms with Crippen molar-refractivity contribution in [1.82, 2.24) is 9.21 Å². The van der Waals surface area contributed by atoms with Crippen LogP contribution >= 0.6 is 0 Å². The lowest BCUT2D eigenvalue weighted by Crippen LogP contribution is -2.44. The van der Waals surface area contributed by atoms with Crippen molar-refractivity contribution in [1.29, 1.82) is 0 Å². The molecule has 2 aliphatic rings. The van der Waals surface area contributed by atoms with Crippen LogP contribution in [0.25, 0.3) is 10.8 Å². The number of carbonyl (C=O) groups is 1. The van der Waals surface area contributed by atoms with Gasteiger partial charge in [-0.15, -0.1) is 0 Å². The van der Waals surface area contributed by atoms with Gasteiger partial charge in [0.1, 0.15) is 0 Å². The predicted molar refractivity (Wildman–Crippen MR) is 125 cm³/mol. The molecule has 3 aromatic carbocycles. The fourth-order valence-corrected chi connectivity index (χ4v) is 6.74. The highest BCUT2D eigenvalue weighted by Gasteiger charge is 2.38. The molecular weight excluding hydrogens is 458 g/mol. The molecule has 0 aromatic heterocycles. The molecule has 0 bridgehead atoms. The maximum Gasteiger partial charge on any atom is 0.243 e. The molecule has 2 saturated heterocycles. The Kier molecular flexibility index (Phi) is 6.12. The van der Waals surface area contributed by atoms with E-state index in [9.17, 15) is 22.0 Å². The number of benzene rings is 3. The molecule has 178 valence electrons. The standard InChI is InChI=1S/C26H26F2N2O3S/c27-23-11-10-20(17-24(23)28)34(32,33)29-15-12-19(13-16-29)26(31)30-14-4-9-25(30)22-8-3-6-18-5-1-2-7-21(18)22/h1-3,5-8,10-11,17,19,25H,4,9,12-16H2. The Hall–Kier alpha value is -2.84. The van der Waals surface area contributed by atoms with E-state index >= 15 is 0 Å². The normalized spacial score (nSPS) is 20.2. The molecule has 0 radical (unpaired) electrons. The van der Waals surface area contributed by atoms with Crippen LogP contribution in [0.2, 0.25) is 0 Å². The highest BCUT2D eigenvalue weighted by Crippen LogP contribution is 2.38. The van der Waals surface area contributed by atoms with Crippen molar-refractivity contribution in [3.63, 3.8) is 0 Å². The van der Waals surface area contributed by atoms with Crippen molar-refractivity contribution in [2.24, 2.45) is 5.92 Å². The third-order valence-corrected chi connectivity index (χ3v) is 8.94. The molecule has 5 nitrogen and oxygen atoms in total. The summed E-state index contributed by atoms with van der Waals surface area (Å²) >= 11 is 0. The zero-order valence-corrected chi connectivity index (χ0v) is 19.5. The molecule has 0 saturated carbocycles. The van der Waals surface area contributed by atoms with Gasteiger partial charge >= 0.3 is 0 Å². The summed E-state index contributed by atoms with van der Waals surface area (Å²) < 4.78 is 53.8. The first-order valence-corrected chi connectivity index (χ1v) is 13.0. The lowest BCUT2D eigenvalue weighted by Gasteiger charge is -2.34. The van der Waals surface area contributed by atoms with E-state index in [0.29, 0.717) is 25.5 Å². The summed E-state index contributed by atoms with van der Waals surface area (Å²) in [4.78, 5) is 15.2. The van der Waals surface area contributed by atoms with Crippen LogP contribution in [0.5, 0.6) is 0 Å². The van der Waals surface area contributed by atoms with E-state index in [4.69, 9.17) is 0 Å². The van der Waals surface area contributed by atoms with Crippen LogP contribution in [0.3, 0.4) is 0 Å². The molecule has 2 aliphatic heterocycles. The molecule has 0 spiro atoms. The van der Waals surface area contributed by atoms with E-state index in [-0.39, 0.29) is 35.9 Å². The lowest BCUT2D eigenvalue weighted by atomic mass is 9.94. The Labute approximate surface area is 198 Å². The van der Waals surface area contributed by atoms with Crippen LogP contribution in [0.4, 0.5) is 8.78 Å². The van der Waals surface area contributed by atoms with E-state index in [2.05, 4.69) is 24.3 Å². The fourth-order valence-electron chi connectivity index (χ4n) is 5.26. The van der Waals surface area contributed by atoms with Gasteiger partial charge in [-0.05, 0) is 60.2 Å². The third-order valence-electron chi connectivity index (χ3n) is 7.05. The van der Waals surface area contributed by atoms with Crippen molar-refractivity contribution >= 4 is 26.7 Å². The summed E-state index contributed by atoms with van der Waals surface area (Å²) in [6.07, 6.45) is 2.65. The number of rotatable bonds is 4. The predicted octanol–water partition coefficient (Wildman–Crippen LogP) is 4.88. The molecule has 5 rings (SSSR count). The highest BCUT2D eigenvalue weighted by atomic mass is 32.2. The van der Waals surface area contributed by atoms with E-state index in [1.165, 1.54) is 4.31 Å². The summed E-state index contributed by atoms with van der Waals surface area (Å²) in [6.45, 7) is 1.04. The third kappa shape index (κ3) is 4.09. The Morgan fingerprint density at radius 3 is 2.35 bits per heavy atom. The van der Waals surface area contributed by atoms with Crippen molar-refractivity contribution in [3.05, 3.63) is 77.9 Å². The van der Waals surface area contributed by atoms with Gasteiger partial charge in [0.2, 0.25) is 15.9 Å². The number of carbonyl (C=O) groups excluding carboxylic acids is 1. The minimum absolute atomic E-state index is 0.0163. The molecule has 0 aliphatic carbocycles. The van der Waals surface area contributed by atoms with Gasteiger partial charge in [0.15, 0.2) is 11.6 Å². The first-order chi connectivity index (χ1) is 16.4. The lowest BCUT2D eigenvalue weighted by molar-refractivity contribution is -0.137. The minimum atomic E-state index is -3.95. The molecular formula is C26H26F2N2O3S. The topological polar surface area (TPSA) is 57.7 Å². The van der Waals surface area contributed by atoms with Crippen molar-refractivity contribution in [3.8, 4) is 0 Å². The summed E-state index contributed by atoms with van der Waals surface area (Å²) in [5.74, 6) is -2.47. The quantitative estimate of drug-likeness (QED) is 0.530. The molecule has 1 unspecified atom stereocenters. The maximum atomic E-state index is 13.6. The molecule has 2 fully saturated rings. The number of hydrogen-bond acceptors (Lipinski definition) is 3. The van der Waals surface area contributed by atoms with Gasteiger partial charge in [-0.3, -0.25) is 4.79 Å². The number of fused-ring (bicyclic) bond motifs is 1. The number of sulfonamides is 1. The van der Waals surface area contributed by atoms with Gasteiger partial charge in [-0.25, -0.2) is 17.2 Å². The number of hydrogen-bond donors (Lipinski definition) is 0. The molecule has 1 atom stereocenters. The van der Waals surface area contributed by atoms with Crippen molar-refractivity contribution in [2.75, 3.05) is 19.6 Å². The summed E-state index contributed by atoms with van der Waals surface area (Å²) in [5, 5.41) is 2.30. The monoisotopic (exact) mass is 484 g/mol. The smallest absolute Gasteiger partial charge is 0.243 e. The van der Waals surface area contributed by atoms with Crippen LogP contribution in [-0.4, -0.2) is 43.2 Å². The fraction of sp³-hybridized carbons (Fsp3) is 0.346. The zero-order valence-electron chi connectivity index (χ0n) is 18.7. The number of piperidine rings is 1. The molecule has 8 heteroatoms. The maximum absolute atomic E-state index is 13.6. The van der Waals surface area contributed by atoms with Gasteiger partial charge in [0.25, 0.3) is 0 Å². The van der Waals surface area contributed by atoms with Crippen LogP contribution in [0.15, 0.2) is 65.6 Å². The molecule has 0 N–H and O–H groups in total. The minimum Gasteiger partial charge on any atom is -0.335 e. The molecule has 2 heterocycles. The molecule has 34 heavy (non-hydrogen) atoms. The van der Waals surface area contributed by atoms with E-state index in [1.54, 1.807) is 0 Å². The number of nitrogens with zero attached hydrogens (tertiary/aromatic N) is 2. The Morgan fingerprint density at radius 1 is 0.853 bits per heavy atom. The van der Waals surface area contributed by atoms with Crippen LogP contribution < -0.4 is 0 Å². The first kappa shape index (κ1) is 22.9. The number of halogens is 2. The van der Waals surface area contributed by atoms with Gasteiger partial charge in [-0.1, -0.05) is 42.5 Å². The van der Waals surface area contributed by atoms with Crippen molar-refractivity contribution < 1.29 is 22.0 Å². The summed E-state index contributed by atoms with van der Waals surface area (Å²) in [5.41, 5.74) is 1.15. The SMILES string of the molecule is O=C(C1CCN(S(=O)(=O)c2ccc(F)c(F)c2)CC1)N1CCCC1c1cccc2ccccc12. The van der Waals surface area contributed by atoms with E-state index < -0.39 is 21.7 Å². The zero-order chi connectivity index (χ0) is 23.9. The Balaban J connectivity index is 1.30. The second-order valence-electron chi connectivity index (χ2n) is 9.01. The van der Waals surface area contributed by atoms with Crippen LogP contribution in [0, 0.1) is 17.6 Å². The largest absolute Gasteiger partial charge is 0.335 e. The highest BCUT2D eigenvalue weighted by molar-refractivity contribution is 7.89. The number of likely N-dealkylation sites (tertiary alicyclic amines) is 1. The Morgan fingerprint density at radius 2 is 1.59 bits per heavy atom. The average molecular weight is 485 g/mol. The van der Waals surface area contributed by atoms with Crippen LogP contribution in [-0.2, 0) is 14.8 Å². The van der Waals surface area contributed by atoms with Crippen LogP contribution in [0.1, 0.15) is 37.3 Å².